The van der Waals surface area contributed by atoms with E-state index in [-0.39, 0.29) is 15.4 Å². The third kappa shape index (κ3) is 4.17. The van der Waals surface area contributed by atoms with Crippen LogP contribution in [-0.2, 0) is 20.0 Å². The van der Waals surface area contributed by atoms with Crippen molar-refractivity contribution in [3.05, 3.63) is 59.7 Å². The summed E-state index contributed by atoms with van der Waals surface area (Å²) in [4.78, 5) is 13.9. The molecule has 0 aliphatic heterocycles. The molecule has 8 nitrogen and oxygen atoms in total. The smallest absolute Gasteiger partial charge is 0.335 e. The normalized spacial score (nSPS) is 12.0. The minimum Gasteiger partial charge on any atom is -0.478 e. The van der Waals surface area contributed by atoms with Crippen LogP contribution in [0.4, 0.5) is 0 Å². The Balaban J connectivity index is 2.17. The van der Waals surface area contributed by atoms with E-state index in [1.807, 2.05) is 0 Å². The highest BCUT2D eigenvalue weighted by atomic mass is 32.2. The summed E-state index contributed by atoms with van der Waals surface area (Å²) >= 11 is 0. The van der Waals surface area contributed by atoms with Crippen LogP contribution in [0.5, 0.6) is 0 Å². The number of benzene rings is 2. The van der Waals surface area contributed by atoms with Crippen LogP contribution in [0.15, 0.2) is 58.3 Å². The summed E-state index contributed by atoms with van der Waals surface area (Å²) in [5, 5.41) is 8.78. The second-order valence-electron chi connectivity index (χ2n) is 4.85. The molecule has 0 aromatic heterocycles. The highest BCUT2D eigenvalue weighted by molar-refractivity contribution is 7.92. The van der Waals surface area contributed by atoms with Crippen LogP contribution in [0.25, 0.3) is 0 Å². The summed E-state index contributed by atoms with van der Waals surface area (Å²) in [6, 6.07) is 10.2. The van der Waals surface area contributed by atoms with Crippen LogP contribution in [0, 0.1) is 6.92 Å². The first-order valence-corrected chi connectivity index (χ1v) is 9.52. The van der Waals surface area contributed by atoms with Gasteiger partial charge in [0.2, 0.25) is 0 Å². The minimum absolute atomic E-state index is 0.0887. The van der Waals surface area contributed by atoms with Crippen molar-refractivity contribution >= 4 is 26.0 Å². The molecule has 0 saturated carbocycles. The van der Waals surface area contributed by atoms with Crippen molar-refractivity contribution < 1.29 is 26.7 Å². The highest BCUT2D eigenvalue weighted by Crippen LogP contribution is 2.12. The van der Waals surface area contributed by atoms with Crippen LogP contribution in [0.2, 0.25) is 0 Å². The predicted molar refractivity (Wildman–Crippen MR) is 85.2 cm³/mol. The van der Waals surface area contributed by atoms with E-state index in [9.17, 15) is 21.6 Å². The van der Waals surface area contributed by atoms with E-state index < -0.39 is 26.0 Å². The van der Waals surface area contributed by atoms with Crippen LogP contribution >= 0.6 is 0 Å². The van der Waals surface area contributed by atoms with Gasteiger partial charge in [-0.3, -0.25) is 0 Å². The van der Waals surface area contributed by atoms with E-state index in [2.05, 4.69) is 0 Å². The molecule has 0 heterocycles. The fourth-order valence-corrected chi connectivity index (χ4v) is 3.82. The number of aromatic carboxylic acids is 1. The van der Waals surface area contributed by atoms with E-state index >= 15 is 0 Å². The molecule has 2 aromatic rings. The molecular formula is C14H14N2O6S2. The Kier molecular flexibility index (Phi) is 5.04. The Morgan fingerprint density at radius 2 is 1.17 bits per heavy atom. The van der Waals surface area contributed by atoms with Crippen molar-refractivity contribution in [1.29, 1.82) is 0 Å². The molecule has 0 amide bonds. The number of nitrogens with one attached hydrogen (secondary N) is 2. The van der Waals surface area contributed by atoms with Gasteiger partial charge in [0.1, 0.15) is 0 Å². The Bertz CT molecular complexity index is 949. The molecule has 0 bridgehead atoms. The third-order valence-electron chi connectivity index (χ3n) is 3.05. The van der Waals surface area contributed by atoms with Crippen LogP contribution in [-0.4, -0.2) is 27.9 Å². The molecule has 2 rings (SSSR count). The fraction of sp³-hybridized carbons (Fsp3) is 0.0714. The first kappa shape index (κ1) is 18.1. The lowest BCUT2D eigenvalue weighted by Crippen LogP contribution is -2.41. The lowest BCUT2D eigenvalue weighted by Gasteiger charge is -2.09. The van der Waals surface area contributed by atoms with Crippen molar-refractivity contribution in [2.75, 3.05) is 0 Å². The minimum atomic E-state index is -4.19. The monoisotopic (exact) mass is 370 g/mol. The highest BCUT2D eigenvalue weighted by Gasteiger charge is 2.20. The van der Waals surface area contributed by atoms with Gasteiger partial charge < -0.3 is 5.11 Å². The molecule has 10 heteroatoms. The van der Waals surface area contributed by atoms with Gasteiger partial charge in [-0.15, -0.1) is 9.66 Å². The molecule has 128 valence electrons. The van der Waals surface area contributed by atoms with Gasteiger partial charge in [-0.25, -0.2) is 21.6 Å². The van der Waals surface area contributed by atoms with E-state index in [0.717, 1.165) is 29.8 Å². The summed E-state index contributed by atoms with van der Waals surface area (Å²) in [5.74, 6) is -1.20. The molecule has 0 aliphatic carbocycles. The maximum Gasteiger partial charge on any atom is 0.335 e. The zero-order chi connectivity index (χ0) is 18.0. The SMILES string of the molecule is Cc1ccc(S(=O)(=O)NNS(=O)(=O)c2ccc(C(=O)O)cc2)cc1. The third-order valence-corrected chi connectivity index (χ3v) is 5.71. The average molecular weight is 370 g/mol. The quantitative estimate of drug-likeness (QED) is 0.647. The van der Waals surface area contributed by atoms with Gasteiger partial charge in [0.25, 0.3) is 20.0 Å². The van der Waals surface area contributed by atoms with Crippen molar-refractivity contribution in [2.45, 2.75) is 16.7 Å². The summed E-state index contributed by atoms with van der Waals surface area (Å²) in [5.41, 5.74) is 0.766. The summed E-state index contributed by atoms with van der Waals surface area (Å²) in [6.45, 7) is 1.79. The van der Waals surface area contributed by atoms with Gasteiger partial charge in [0.15, 0.2) is 0 Å². The molecule has 0 atom stereocenters. The number of hydrogen-bond donors (Lipinski definition) is 3. The molecule has 0 radical (unpaired) electrons. The largest absolute Gasteiger partial charge is 0.478 e. The van der Waals surface area contributed by atoms with Crippen LogP contribution in [0.1, 0.15) is 15.9 Å². The lowest BCUT2D eigenvalue weighted by atomic mass is 10.2. The summed E-state index contributed by atoms with van der Waals surface area (Å²) in [6.07, 6.45) is 0. The van der Waals surface area contributed by atoms with Crippen LogP contribution < -0.4 is 9.66 Å². The Hall–Kier alpha value is -2.27. The number of hydrogen-bond acceptors (Lipinski definition) is 5. The van der Waals surface area contributed by atoms with E-state index in [0.29, 0.717) is 0 Å². The molecule has 2 aromatic carbocycles. The number of carboxylic acids is 1. The van der Waals surface area contributed by atoms with Crippen molar-refractivity contribution in [1.82, 2.24) is 9.66 Å². The summed E-state index contributed by atoms with van der Waals surface area (Å²) < 4.78 is 48.2. The van der Waals surface area contributed by atoms with Gasteiger partial charge in [0.05, 0.1) is 15.4 Å². The number of carboxylic acid groups (broad SMARTS) is 1. The Labute approximate surface area is 139 Å². The zero-order valence-electron chi connectivity index (χ0n) is 12.4. The van der Waals surface area contributed by atoms with Crippen molar-refractivity contribution in [3.8, 4) is 0 Å². The number of aryl methyl sites for hydroxylation is 1. The first-order valence-electron chi connectivity index (χ1n) is 6.55. The Morgan fingerprint density at radius 3 is 1.54 bits per heavy atom. The number of sulfonamides is 2. The molecule has 0 saturated heterocycles. The molecule has 3 N–H and O–H groups in total. The van der Waals surface area contributed by atoms with Crippen molar-refractivity contribution in [3.63, 3.8) is 0 Å². The average Bonchev–Trinajstić information content (AvgIpc) is 2.54. The maximum atomic E-state index is 12.1. The lowest BCUT2D eigenvalue weighted by molar-refractivity contribution is 0.0696. The zero-order valence-corrected chi connectivity index (χ0v) is 14.1. The maximum absolute atomic E-state index is 12.1. The van der Waals surface area contributed by atoms with Crippen LogP contribution in [0.3, 0.4) is 0 Å². The summed E-state index contributed by atoms with van der Waals surface area (Å²) in [7, 11) is -8.26. The number of hydrazine groups is 1. The molecule has 0 unspecified atom stereocenters. The number of carbonyl (C=O) groups is 1. The van der Waals surface area contributed by atoms with Gasteiger partial charge >= 0.3 is 5.97 Å². The van der Waals surface area contributed by atoms with Gasteiger partial charge in [-0.2, -0.15) is 0 Å². The molecular weight excluding hydrogens is 356 g/mol. The second kappa shape index (κ2) is 6.69. The van der Waals surface area contributed by atoms with E-state index in [1.165, 1.54) is 12.1 Å². The second-order valence-corrected chi connectivity index (χ2v) is 8.22. The predicted octanol–water partition coefficient (Wildman–Crippen LogP) is 0.865. The van der Waals surface area contributed by atoms with E-state index in [4.69, 9.17) is 5.11 Å². The molecule has 0 fully saturated rings. The Morgan fingerprint density at radius 1 is 0.792 bits per heavy atom. The molecule has 24 heavy (non-hydrogen) atoms. The first-order chi connectivity index (χ1) is 11.1. The van der Waals surface area contributed by atoms with Gasteiger partial charge in [-0.05, 0) is 43.3 Å². The molecule has 0 spiro atoms. The standard InChI is InChI=1S/C14H14N2O6S2/c1-10-2-6-12(7-3-10)23(19,20)15-16-24(21,22)13-8-4-11(5-9-13)14(17)18/h2-9,15-16H,1H3,(H,17,18). The number of rotatable bonds is 6. The topological polar surface area (TPSA) is 130 Å². The van der Waals surface area contributed by atoms with E-state index in [1.54, 1.807) is 28.7 Å². The van der Waals surface area contributed by atoms with Gasteiger partial charge in [-0.1, -0.05) is 17.7 Å². The molecule has 0 aliphatic rings. The van der Waals surface area contributed by atoms with Gasteiger partial charge in [0, 0.05) is 0 Å². The fourth-order valence-electron chi connectivity index (χ4n) is 1.72. The van der Waals surface area contributed by atoms with Crippen molar-refractivity contribution in [2.24, 2.45) is 0 Å².